The summed E-state index contributed by atoms with van der Waals surface area (Å²) in [6.07, 6.45) is -0.788. The van der Waals surface area contributed by atoms with Crippen molar-refractivity contribution in [2.24, 2.45) is 0 Å². The van der Waals surface area contributed by atoms with Gasteiger partial charge in [-0.15, -0.1) is 5.10 Å². The predicted octanol–water partition coefficient (Wildman–Crippen LogP) is 1.32. The Morgan fingerprint density at radius 1 is 1.47 bits per heavy atom. The fraction of sp³-hybridized carbons (Fsp3) is 0.364. The normalized spacial score (nSPS) is 12.4. The van der Waals surface area contributed by atoms with Crippen LogP contribution in [0.25, 0.3) is 0 Å². The Morgan fingerprint density at radius 2 is 2.26 bits per heavy atom. The lowest BCUT2D eigenvalue weighted by Gasteiger charge is -2.12. The van der Waals surface area contributed by atoms with E-state index in [2.05, 4.69) is 31.5 Å². The third kappa shape index (κ3) is 3.97. The third-order valence-corrected chi connectivity index (χ3v) is 2.83. The van der Waals surface area contributed by atoms with Crippen LogP contribution in [-0.4, -0.2) is 38.0 Å². The molecule has 0 spiro atoms. The zero-order chi connectivity index (χ0) is 13.8. The summed E-state index contributed by atoms with van der Waals surface area (Å²) in [5.74, 6) is 0.544. The fourth-order valence-corrected chi connectivity index (χ4v) is 1.92. The van der Waals surface area contributed by atoms with E-state index in [0.29, 0.717) is 16.0 Å². The quantitative estimate of drug-likeness (QED) is 0.895. The summed E-state index contributed by atoms with van der Waals surface area (Å²) in [7, 11) is 0. The smallest absolute Gasteiger partial charge is 0.148 e. The van der Waals surface area contributed by atoms with Crippen LogP contribution in [0.4, 0.5) is 4.39 Å². The van der Waals surface area contributed by atoms with Gasteiger partial charge in [0.15, 0.2) is 0 Å². The van der Waals surface area contributed by atoms with Crippen molar-refractivity contribution in [1.82, 2.24) is 20.2 Å². The molecule has 2 aromatic rings. The third-order valence-electron chi connectivity index (χ3n) is 2.37. The molecule has 1 unspecified atom stereocenters. The first-order valence-corrected chi connectivity index (χ1v) is 6.33. The van der Waals surface area contributed by atoms with Gasteiger partial charge >= 0.3 is 0 Å². The lowest BCUT2D eigenvalue weighted by Crippen LogP contribution is -2.24. The number of benzene rings is 1. The first-order chi connectivity index (χ1) is 9.04. The van der Waals surface area contributed by atoms with E-state index >= 15 is 0 Å². The first-order valence-electron chi connectivity index (χ1n) is 5.54. The molecule has 0 aliphatic rings. The molecule has 102 valence electrons. The van der Waals surface area contributed by atoms with Crippen LogP contribution in [0.15, 0.2) is 22.7 Å². The van der Waals surface area contributed by atoms with Gasteiger partial charge in [0.1, 0.15) is 30.1 Å². The lowest BCUT2D eigenvalue weighted by atomic mass is 10.3. The van der Waals surface area contributed by atoms with E-state index in [0.717, 1.165) is 0 Å². The van der Waals surface area contributed by atoms with E-state index in [9.17, 15) is 9.50 Å². The molecule has 1 aromatic carbocycles. The number of aliphatic hydroxyl groups is 1. The van der Waals surface area contributed by atoms with Crippen molar-refractivity contribution in [1.29, 1.82) is 0 Å². The number of aliphatic hydroxyl groups excluding tert-OH is 1. The molecule has 6 nitrogen and oxygen atoms in total. The van der Waals surface area contributed by atoms with E-state index in [1.54, 1.807) is 13.0 Å². The largest absolute Gasteiger partial charge is 0.491 e. The molecule has 0 fully saturated rings. The molecule has 0 radical (unpaired) electrons. The van der Waals surface area contributed by atoms with Crippen molar-refractivity contribution in [3.63, 3.8) is 0 Å². The molecule has 1 atom stereocenters. The summed E-state index contributed by atoms with van der Waals surface area (Å²) in [5, 5.41) is 20.7. The monoisotopic (exact) mass is 330 g/mol. The maximum atomic E-state index is 13.1. The van der Waals surface area contributed by atoms with Gasteiger partial charge in [0.25, 0.3) is 0 Å². The molecule has 0 amide bonds. The average Bonchev–Trinajstić information content (AvgIpc) is 2.71. The van der Waals surface area contributed by atoms with Crippen molar-refractivity contribution in [3.8, 4) is 5.75 Å². The Balaban J connectivity index is 1.89. The Bertz CT molecular complexity index is 543. The topological polar surface area (TPSA) is 73.1 Å². The molecular formula is C11H12BrFN4O2. The van der Waals surface area contributed by atoms with Crippen molar-refractivity contribution in [2.45, 2.75) is 19.6 Å². The highest BCUT2D eigenvalue weighted by Gasteiger charge is 2.10. The number of hydrogen-bond donors (Lipinski definition) is 1. The molecule has 1 heterocycles. The molecule has 0 aliphatic carbocycles. The summed E-state index contributed by atoms with van der Waals surface area (Å²) in [6.45, 7) is 1.97. The number of nitrogens with zero attached hydrogens (tertiary/aromatic N) is 4. The molecule has 0 bridgehead atoms. The first kappa shape index (κ1) is 13.9. The van der Waals surface area contributed by atoms with Crippen LogP contribution in [0, 0.1) is 12.7 Å². The number of aryl methyl sites for hydroxylation is 1. The second kappa shape index (κ2) is 6.07. The van der Waals surface area contributed by atoms with E-state index < -0.39 is 11.9 Å². The molecule has 2 rings (SSSR count). The number of halogens is 2. The van der Waals surface area contributed by atoms with Crippen LogP contribution in [0.2, 0.25) is 0 Å². The lowest BCUT2D eigenvalue weighted by molar-refractivity contribution is 0.0880. The molecule has 0 saturated carbocycles. The summed E-state index contributed by atoms with van der Waals surface area (Å²) in [4.78, 5) is 0. The van der Waals surface area contributed by atoms with Crippen molar-refractivity contribution in [2.75, 3.05) is 6.61 Å². The van der Waals surface area contributed by atoms with E-state index in [1.165, 1.54) is 16.8 Å². The summed E-state index contributed by atoms with van der Waals surface area (Å²) >= 11 is 3.16. The minimum absolute atomic E-state index is 0.0230. The zero-order valence-electron chi connectivity index (χ0n) is 10.1. The Kier molecular flexibility index (Phi) is 4.43. The van der Waals surface area contributed by atoms with E-state index in [1.807, 2.05) is 0 Å². The van der Waals surface area contributed by atoms with Gasteiger partial charge in [0.2, 0.25) is 0 Å². The molecule has 0 saturated heterocycles. The van der Waals surface area contributed by atoms with Crippen molar-refractivity contribution in [3.05, 3.63) is 34.3 Å². The van der Waals surface area contributed by atoms with Crippen LogP contribution in [0.5, 0.6) is 5.75 Å². The SMILES string of the molecule is Cc1nnnn1CC(O)COc1cc(F)cc(Br)c1. The molecule has 0 aliphatic heterocycles. The summed E-state index contributed by atoms with van der Waals surface area (Å²) in [5.41, 5.74) is 0. The van der Waals surface area contributed by atoms with Gasteiger partial charge in [-0.3, -0.25) is 0 Å². The minimum Gasteiger partial charge on any atom is -0.491 e. The van der Waals surface area contributed by atoms with Crippen LogP contribution >= 0.6 is 15.9 Å². The number of tetrazole rings is 1. The average molecular weight is 331 g/mol. The van der Waals surface area contributed by atoms with Gasteiger partial charge < -0.3 is 9.84 Å². The summed E-state index contributed by atoms with van der Waals surface area (Å²) < 4.78 is 20.5. The highest BCUT2D eigenvalue weighted by Crippen LogP contribution is 2.20. The molecule has 19 heavy (non-hydrogen) atoms. The van der Waals surface area contributed by atoms with Crippen molar-refractivity contribution < 1.29 is 14.2 Å². The number of aromatic nitrogens is 4. The zero-order valence-corrected chi connectivity index (χ0v) is 11.7. The number of rotatable bonds is 5. The van der Waals surface area contributed by atoms with Gasteiger partial charge in [-0.2, -0.15) is 0 Å². The van der Waals surface area contributed by atoms with Crippen LogP contribution in [0.3, 0.4) is 0 Å². The molecular weight excluding hydrogens is 319 g/mol. The fourth-order valence-electron chi connectivity index (χ4n) is 1.47. The second-order valence-corrected chi connectivity index (χ2v) is 4.89. The predicted molar refractivity (Wildman–Crippen MR) is 68.2 cm³/mol. The molecule has 8 heteroatoms. The van der Waals surface area contributed by atoms with E-state index in [4.69, 9.17) is 4.74 Å². The maximum Gasteiger partial charge on any atom is 0.148 e. The van der Waals surface area contributed by atoms with Gasteiger partial charge in [-0.05, 0) is 29.5 Å². The molecule has 1 aromatic heterocycles. The second-order valence-electron chi connectivity index (χ2n) is 3.98. The van der Waals surface area contributed by atoms with Crippen molar-refractivity contribution >= 4 is 15.9 Å². The van der Waals surface area contributed by atoms with Gasteiger partial charge in [0.05, 0.1) is 6.54 Å². The number of hydrogen-bond acceptors (Lipinski definition) is 5. The minimum atomic E-state index is -0.788. The van der Waals surface area contributed by atoms with E-state index in [-0.39, 0.29) is 13.2 Å². The highest BCUT2D eigenvalue weighted by atomic mass is 79.9. The summed E-state index contributed by atoms with van der Waals surface area (Å²) in [6, 6.07) is 4.20. The standard InChI is InChI=1S/C11H12BrFN4O2/c1-7-14-15-16-17(7)5-10(18)6-19-11-3-8(12)2-9(13)4-11/h2-4,10,18H,5-6H2,1H3. The maximum absolute atomic E-state index is 13.1. The van der Waals surface area contributed by atoms with Gasteiger partial charge in [0, 0.05) is 10.5 Å². The Morgan fingerprint density at radius 3 is 2.89 bits per heavy atom. The van der Waals surface area contributed by atoms with Gasteiger partial charge in [-0.25, -0.2) is 9.07 Å². The highest BCUT2D eigenvalue weighted by molar-refractivity contribution is 9.10. The van der Waals surface area contributed by atoms with Gasteiger partial charge in [-0.1, -0.05) is 15.9 Å². The number of ether oxygens (including phenoxy) is 1. The van der Waals surface area contributed by atoms with Crippen LogP contribution in [-0.2, 0) is 6.54 Å². The van der Waals surface area contributed by atoms with Crippen LogP contribution < -0.4 is 4.74 Å². The van der Waals surface area contributed by atoms with Crippen LogP contribution in [0.1, 0.15) is 5.82 Å². The molecule has 1 N–H and O–H groups in total. The Hall–Kier alpha value is -1.54. The Labute approximate surface area is 117 Å².